The maximum Gasteiger partial charge on any atom is 0.308 e. The monoisotopic (exact) mass is 368 g/mol. The molecule has 0 saturated heterocycles. The average molecular weight is 368 g/mol. The maximum absolute atomic E-state index is 11.2. The molecule has 6 N–H and O–H groups in total. The lowest BCUT2D eigenvalue weighted by Gasteiger charge is -2.33. The van der Waals surface area contributed by atoms with Crippen LogP contribution in [0.2, 0.25) is 0 Å². The highest BCUT2D eigenvalue weighted by Crippen LogP contribution is 2.42. The van der Waals surface area contributed by atoms with E-state index < -0.39 is 57.0 Å². The molecule has 1 unspecified atom stereocenters. The van der Waals surface area contributed by atoms with Gasteiger partial charge in [0.1, 0.15) is 22.5 Å². The fraction of sp³-hybridized carbons (Fsp3) is 0.333. The van der Waals surface area contributed by atoms with E-state index >= 15 is 0 Å². The van der Waals surface area contributed by atoms with Gasteiger partial charge in [0.25, 0.3) is 30.4 Å². The van der Waals surface area contributed by atoms with E-state index in [2.05, 4.69) is 0 Å². The average Bonchev–Trinajstić information content (AvgIpc) is 2.07. The van der Waals surface area contributed by atoms with Crippen LogP contribution in [-0.2, 0) is 30.4 Å². The zero-order chi connectivity index (χ0) is 17.0. The summed E-state index contributed by atoms with van der Waals surface area (Å²) in [5, 5.41) is 28.2. The van der Waals surface area contributed by atoms with Crippen molar-refractivity contribution in [3.63, 3.8) is 0 Å². The molecule has 0 fully saturated rings. The molecule has 0 radical (unpaired) electrons. The summed E-state index contributed by atoms with van der Waals surface area (Å²) < 4.78 is 89.1. The Hall–Kier alpha value is -1.23. The highest BCUT2D eigenvalue weighted by Gasteiger charge is 2.68. The summed E-state index contributed by atoms with van der Waals surface area (Å²) in [6.45, 7) is 0. The molecule has 12 nitrogen and oxygen atoms in total. The Bertz CT molecular complexity index is 807. The fourth-order valence-electron chi connectivity index (χ4n) is 1.71. The molecule has 0 saturated carbocycles. The first-order valence-corrected chi connectivity index (χ1v) is 8.84. The van der Waals surface area contributed by atoms with Crippen LogP contribution in [0, 0.1) is 0 Å². The lowest BCUT2D eigenvalue weighted by atomic mass is 10.1. The van der Waals surface area contributed by atoms with Gasteiger partial charge >= 0.3 is 4.08 Å². The summed E-state index contributed by atoms with van der Waals surface area (Å²) in [7, 11) is -17.7. The Morgan fingerprint density at radius 3 is 1.57 bits per heavy atom. The Morgan fingerprint density at radius 2 is 1.29 bits per heavy atom. The van der Waals surface area contributed by atoms with Crippen molar-refractivity contribution in [2.24, 2.45) is 0 Å². The number of rotatable bonds is 3. The van der Waals surface area contributed by atoms with Crippen molar-refractivity contribution in [1.29, 1.82) is 0 Å². The largest absolute Gasteiger partial charge is 0.509 e. The Balaban J connectivity index is 4.05. The summed E-state index contributed by atoms with van der Waals surface area (Å²) in [6, 6.07) is 0. The molecule has 0 heterocycles. The molecule has 0 spiro atoms. The minimum atomic E-state index is -6.09. The van der Waals surface area contributed by atoms with Gasteiger partial charge in [0.2, 0.25) is 0 Å². The van der Waals surface area contributed by atoms with Gasteiger partial charge in [0, 0.05) is 6.08 Å². The predicted octanol–water partition coefficient (Wildman–Crippen LogP) is -2.07. The summed E-state index contributed by atoms with van der Waals surface area (Å²) in [4.78, 5) is -1.96. The molecule has 0 aliphatic heterocycles. The molecule has 0 bridgehead atoms. The van der Waals surface area contributed by atoms with Crippen LogP contribution in [0.4, 0.5) is 0 Å². The molecule has 122 valence electrons. The summed E-state index contributed by atoms with van der Waals surface area (Å²) >= 11 is 0. The predicted molar refractivity (Wildman–Crippen MR) is 63.8 cm³/mol. The first kappa shape index (κ1) is 17.8. The smallest absolute Gasteiger partial charge is 0.308 e. The molecular weight excluding hydrogens is 360 g/mol. The van der Waals surface area contributed by atoms with E-state index in [1.807, 2.05) is 0 Å². The normalized spacial score (nSPS) is 23.8. The zero-order valence-electron chi connectivity index (χ0n) is 9.51. The van der Waals surface area contributed by atoms with Gasteiger partial charge in [-0.2, -0.15) is 25.3 Å². The van der Waals surface area contributed by atoms with Crippen molar-refractivity contribution in [3.05, 3.63) is 22.5 Å². The molecule has 1 aliphatic rings. The topological polar surface area (TPSA) is 224 Å². The van der Waals surface area contributed by atoms with Crippen molar-refractivity contribution in [1.82, 2.24) is 0 Å². The van der Waals surface area contributed by atoms with Gasteiger partial charge in [-0.1, -0.05) is 0 Å². The highest BCUT2D eigenvalue weighted by atomic mass is 32.3. The first-order valence-electron chi connectivity index (χ1n) is 4.52. The zero-order valence-corrected chi connectivity index (χ0v) is 12.0. The molecule has 0 aromatic carbocycles. The van der Waals surface area contributed by atoms with Crippen LogP contribution < -0.4 is 0 Å². The van der Waals surface area contributed by atoms with Crippen molar-refractivity contribution < 1.29 is 54.2 Å². The molecule has 1 atom stereocenters. The van der Waals surface area contributed by atoms with Crippen LogP contribution in [0.5, 0.6) is 0 Å². The van der Waals surface area contributed by atoms with Crippen molar-refractivity contribution in [3.8, 4) is 0 Å². The van der Waals surface area contributed by atoms with Crippen LogP contribution in [0.1, 0.15) is 0 Å². The second-order valence-corrected chi connectivity index (χ2v) is 8.61. The SMILES string of the molecule is O=S(=O)(O)C1=C(O)C=C(O)C(S(=O)(=O)O)(S(=O)(=O)O)C1O. The minimum Gasteiger partial charge on any atom is -0.509 e. The van der Waals surface area contributed by atoms with Crippen LogP contribution in [-0.4, -0.2) is 64.4 Å². The van der Waals surface area contributed by atoms with E-state index in [1.54, 1.807) is 0 Å². The number of hydrogen-bond acceptors (Lipinski definition) is 9. The van der Waals surface area contributed by atoms with Crippen LogP contribution in [0.25, 0.3) is 0 Å². The quantitative estimate of drug-likeness (QED) is 0.295. The lowest BCUT2D eigenvalue weighted by Crippen LogP contribution is -2.59. The van der Waals surface area contributed by atoms with Gasteiger partial charge in [-0.3, -0.25) is 13.7 Å². The molecule has 0 aromatic heterocycles. The third kappa shape index (κ3) is 2.41. The minimum absolute atomic E-state index is 0.197. The summed E-state index contributed by atoms with van der Waals surface area (Å²) in [5.74, 6) is -3.60. The number of hydrogen-bond donors (Lipinski definition) is 6. The second-order valence-electron chi connectivity index (χ2n) is 3.77. The van der Waals surface area contributed by atoms with Crippen molar-refractivity contribution in [2.75, 3.05) is 0 Å². The van der Waals surface area contributed by atoms with E-state index in [9.17, 15) is 40.6 Å². The van der Waals surface area contributed by atoms with E-state index in [0.29, 0.717) is 0 Å². The summed E-state index contributed by atoms with van der Waals surface area (Å²) in [5.41, 5.74) is 0. The van der Waals surface area contributed by atoms with Gasteiger partial charge in [0.05, 0.1) is 0 Å². The number of aliphatic hydroxyl groups excluding tert-OH is 3. The van der Waals surface area contributed by atoms with Crippen molar-refractivity contribution >= 4 is 30.4 Å². The number of allylic oxidation sites excluding steroid dienone is 1. The number of aliphatic hydroxyl groups is 3. The first-order chi connectivity index (χ1) is 9.08. The van der Waals surface area contributed by atoms with E-state index in [1.165, 1.54) is 0 Å². The standard InChI is InChI=1S/C6H8O12S3/c7-2-1-3(8)6(20(13,14)15,21(16,17)18)5(9)4(2)19(10,11)12/h1,5,7-9H,(H,10,11,12)(H,13,14,15)(H,16,17,18). The van der Waals surface area contributed by atoms with E-state index in [4.69, 9.17) is 13.7 Å². The van der Waals surface area contributed by atoms with Gasteiger partial charge in [-0.05, 0) is 0 Å². The second kappa shape index (κ2) is 4.63. The Kier molecular flexibility index (Phi) is 3.93. The summed E-state index contributed by atoms with van der Waals surface area (Å²) in [6.07, 6.45) is -3.65. The van der Waals surface area contributed by atoms with E-state index in [-0.39, 0.29) is 6.08 Å². The molecular formula is C6H8O12S3. The molecule has 1 aliphatic carbocycles. The molecule has 0 aromatic rings. The van der Waals surface area contributed by atoms with Crippen molar-refractivity contribution in [2.45, 2.75) is 10.2 Å². The molecule has 21 heavy (non-hydrogen) atoms. The van der Waals surface area contributed by atoms with E-state index in [0.717, 1.165) is 0 Å². The third-order valence-corrected chi connectivity index (χ3v) is 7.19. The van der Waals surface area contributed by atoms with Crippen LogP contribution in [0.3, 0.4) is 0 Å². The van der Waals surface area contributed by atoms with Crippen LogP contribution >= 0.6 is 0 Å². The molecule has 15 heteroatoms. The fourth-order valence-corrected chi connectivity index (χ4v) is 5.15. The molecule has 0 amide bonds. The van der Waals surface area contributed by atoms with Gasteiger partial charge in [-0.15, -0.1) is 0 Å². The Morgan fingerprint density at radius 1 is 0.905 bits per heavy atom. The van der Waals surface area contributed by atoms with Gasteiger partial charge < -0.3 is 15.3 Å². The van der Waals surface area contributed by atoms with Crippen LogP contribution in [0.15, 0.2) is 22.5 Å². The lowest BCUT2D eigenvalue weighted by molar-refractivity contribution is 0.163. The maximum atomic E-state index is 11.2. The van der Waals surface area contributed by atoms with Gasteiger partial charge in [-0.25, -0.2) is 0 Å². The Labute approximate surface area is 117 Å². The third-order valence-electron chi connectivity index (χ3n) is 2.54. The molecule has 1 rings (SSSR count). The highest BCUT2D eigenvalue weighted by molar-refractivity contribution is 8.05. The van der Waals surface area contributed by atoms with Gasteiger partial charge in [0.15, 0.2) is 0 Å².